The maximum atomic E-state index is 11.6. The van der Waals surface area contributed by atoms with Gasteiger partial charge in [-0.3, -0.25) is 4.79 Å². The van der Waals surface area contributed by atoms with Crippen molar-refractivity contribution in [1.82, 2.24) is 5.32 Å². The Labute approximate surface area is 99.1 Å². The van der Waals surface area contributed by atoms with Gasteiger partial charge < -0.3 is 10.1 Å². The predicted octanol–water partition coefficient (Wildman–Crippen LogP) is 2.25. The van der Waals surface area contributed by atoms with Gasteiger partial charge in [0.05, 0.1) is 5.57 Å². The highest BCUT2D eigenvalue weighted by Crippen LogP contribution is 2.28. The fraction of sp³-hybridized carbons (Fsp3) is 0.250. The van der Waals surface area contributed by atoms with E-state index in [0.29, 0.717) is 23.7 Å². The number of carbonyl (C=O) groups is 1. The molecule has 0 spiro atoms. The third-order valence-corrected chi connectivity index (χ3v) is 2.55. The van der Waals surface area contributed by atoms with Crippen molar-refractivity contribution in [3.63, 3.8) is 0 Å². The van der Waals surface area contributed by atoms with Gasteiger partial charge >= 0.3 is 0 Å². The zero-order chi connectivity index (χ0) is 11.5. The standard InChI is InChI=1S/C12H12ClNO2/c1-2-14-12(15)9-5-8-6-10(13)3-4-11(8)16-7-9/h3-6H,2,7H2,1H3,(H,14,15). The van der Waals surface area contributed by atoms with E-state index in [-0.39, 0.29) is 5.91 Å². The summed E-state index contributed by atoms with van der Waals surface area (Å²) in [5.41, 5.74) is 1.47. The van der Waals surface area contributed by atoms with Gasteiger partial charge in [0.25, 0.3) is 5.91 Å². The fourth-order valence-corrected chi connectivity index (χ4v) is 1.73. The molecule has 0 aromatic heterocycles. The number of rotatable bonds is 2. The SMILES string of the molecule is CCNC(=O)C1=Cc2cc(Cl)ccc2OC1. The Morgan fingerprint density at radius 3 is 3.12 bits per heavy atom. The molecular formula is C12H12ClNO2. The monoisotopic (exact) mass is 237 g/mol. The molecule has 0 aliphatic carbocycles. The number of ether oxygens (including phenoxy) is 1. The van der Waals surface area contributed by atoms with E-state index in [0.717, 1.165) is 11.3 Å². The number of hydrogen-bond donors (Lipinski definition) is 1. The topological polar surface area (TPSA) is 38.3 Å². The van der Waals surface area contributed by atoms with Crippen LogP contribution in [0.2, 0.25) is 5.02 Å². The molecule has 1 heterocycles. The average Bonchev–Trinajstić information content (AvgIpc) is 2.28. The first-order chi connectivity index (χ1) is 7.70. The van der Waals surface area contributed by atoms with Crippen LogP contribution >= 0.6 is 11.6 Å². The number of halogens is 1. The summed E-state index contributed by atoms with van der Waals surface area (Å²) in [6.07, 6.45) is 1.82. The minimum absolute atomic E-state index is 0.0897. The van der Waals surface area contributed by atoms with Crippen LogP contribution in [0, 0.1) is 0 Å². The normalized spacial score (nSPS) is 13.5. The molecule has 16 heavy (non-hydrogen) atoms. The molecule has 1 aromatic carbocycles. The summed E-state index contributed by atoms with van der Waals surface area (Å²) < 4.78 is 5.47. The van der Waals surface area contributed by atoms with Crippen LogP contribution < -0.4 is 10.1 Å². The van der Waals surface area contributed by atoms with Crippen molar-refractivity contribution in [3.8, 4) is 5.75 Å². The molecule has 2 rings (SSSR count). The molecule has 1 aliphatic rings. The molecule has 84 valence electrons. The highest BCUT2D eigenvalue weighted by atomic mass is 35.5. The quantitative estimate of drug-likeness (QED) is 0.857. The van der Waals surface area contributed by atoms with Crippen LogP contribution in [0.4, 0.5) is 0 Å². The maximum absolute atomic E-state index is 11.6. The van der Waals surface area contributed by atoms with Gasteiger partial charge in [0, 0.05) is 17.1 Å². The second-order valence-corrected chi connectivity index (χ2v) is 3.94. The van der Waals surface area contributed by atoms with E-state index >= 15 is 0 Å². The lowest BCUT2D eigenvalue weighted by Gasteiger charge is -2.17. The Morgan fingerprint density at radius 2 is 2.38 bits per heavy atom. The first kappa shape index (κ1) is 11.0. The molecule has 1 N–H and O–H groups in total. The molecule has 4 heteroatoms. The second kappa shape index (κ2) is 4.58. The molecule has 1 amide bonds. The van der Waals surface area contributed by atoms with E-state index in [1.807, 2.05) is 19.1 Å². The fourth-order valence-electron chi connectivity index (χ4n) is 1.55. The summed E-state index contributed by atoms with van der Waals surface area (Å²) in [4.78, 5) is 11.6. The lowest BCUT2D eigenvalue weighted by Crippen LogP contribution is -2.28. The van der Waals surface area contributed by atoms with Crippen LogP contribution in [0.1, 0.15) is 12.5 Å². The molecule has 0 saturated heterocycles. The average molecular weight is 238 g/mol. The molecule has 0 bridgehead atoms. The van der Waals surface area contributed by atoms with Gasteiger partial charge in [-0.2, -0.15) is 0 Å². The van der Waals surface area contributed by atoms with Gasteiger partial charge in [-0.1, -0.05) is 11.6 Å². The molecular weight excluding hydrogens is 226 g/mol. The molecule has 0 unspecified atom stereocenters. The zero-order valence-electron chi connectivity index (χ0n) is 8.92. The van der Waals surface area contributed by atoms with Crippen LogP contribution in [-0.2, 0) is 4.79 Å². The number of likely N-dealkylation sites (N-methyl/N-ethyl adjacent to an activating group) is 1. The largest absolute Gasteiger partial charge is 0.488 e. The van der Waals surface area contributed by atoms with Crippen molar-refractivity contribution in [2.24, 2.45) is 0 Å². The van der Waals surface area contributed by atoms with Gasteiger partial charge in [-0.25, -0.2) is 0 Å². The molecule has 1 aromatic rings. The van der Waals surface area contributed by atoms with Crippen molar-refractivity contribution in [1.29, 1.82) is 0 Å². The lowest BCUT2D eigenvalue weighted by molar-refractivity contribution is -0.117. The van der Waals surface area contributed by atoms with E-state index in [4.69, 9.17) is 16.3 Å². The van der Waals surface area contributed by atoms with Crippen LogP contribution in [0.25, 0.3) is 6.08 Å². The highest BCUT2D eigenvalue weighted by Gasteiger charge is 2.16. The zero-order valence-corrected chi connectivity index (χ0v) is 9.67. The number of fused-ring (bicyclic) bond motifs is 1. The number of benzene rings is 1. The summed E-state index contributed by atoms with van der Waals surface area (Å²) >= 11 is 5.88. The molecule has 3 nitrogen and oxygen atoms in total. The van der Waals surface area contributed by atoms with Gasteiger partial charge in [0.2, 0.25) is 0 Å². The first-order valence-electron chi connectivity index (χ1n) is 5.12. The lowest BCUT2D eigenvalue weighted by atomic mass is 10.1. The summed E-state index contributed by atoms with van der Waals surface area (Å²) in [5.74, 6) is 0.672. The number of hydrogen-bond acceptors (Lipinski definition) is 2. The van der Waals surface area contributed by atoms with Crippen molar-refractivity contribution >= 4 is 23.6 Å². The van der Waals surface area contributed by atoms with Gasteiger partial charge in [-0.15, -0.1) is 0 Å². The molecule has 0 fully saturated rings. The van der Waals surface area contributed by atoms with E-state index in [2.05, 4.69) is 5.32 Å². The summed E-state index contributed by atoms with van der Waals surface area (Å²) in [6, 6.07) is 5.36. The Kier molecular flexibility index (Phi) is 3.15. The van der Waals surface area contributed by atoms with Gasteiger partial charge in [-0.05, 0) is 31.2 Å². The van der Waals surface area contributed by atoms with Crippen molar-refractivity contribution in [2.75, 3.05) is 13.2 Å². The minimum Gasteiger partial charge on any atom is -0.488 e. The Balaban J connectivity index is 2.30. The Hall–Kier alpha value is -1.48. The van der Waals surface area contributed by atoms with Gasteiger partial charge in [0.15, 0.2) is 0 Å². The smallest absolute Gasteiger partial charge is 0.250 e. The van der Waals surface area contributed by atoms with Crippen molar-refractivity contribution in [3.05, 3.63) is 34.4 Å². The van der Waals surface area contributed by atoms with Gasteiger partial charge in [0.1, 0.15) is 12.4 Å². The summed E-state index contributed by atoms with van der Waals surface area (Å²) in [6.45, 7) is 2.80. The molecule has 0 radical (unpaired) electrons. The van der Waals surface area contributed by atoms with E-state index in [9.17, 15) is 4.79 Å². The predicted molar refractivity (Wildman–Crippen MR) is 63.6 cm³/mol. The van der Waals surface area contributed by atoms with Crippen molar-refractivity contribution in [2.45, 2.75) is 6.92 Å². The van der Waals surface area contributed by atoms with Crippen LogP contribution in [-0.4, -0.2) is 19.1 Å². The number of nitrogens with one attached hydrogen (secondary N) is 1. The number of carbonyl (C=O) groups excluding carboxylic acids is 1. The maximum Gasteiger partial charge on any atom is 0.250 e. The van der Waals surface area contributed by atoms with E-state index < -0.39 is 0 Å². The van der Waals surface area contributed by atoms with Crippen LogP contribution in [0.15, 0.2) is 23.8 Å². The molecule has 1 aliphatic heterocycles. The van der Waals surface area contributed by atoms with E-state index in [1.54, 1.807) is 12.1 Å². The Bertz CT molecular complexity index is 454. The van der Waals surface area contributed by atoms with Crippen molar-refractivity contribution < 1.29 is 9.53 Å². The molecule has 0 saturated carbocycles. The minimum atomic E-state index is -0.0897. The highest BCUT2D eigenvalue weighted by molar-refractivity contribution is 6.30. The third-order valence-electron chi connectivity index (χ3n) is 2.31. The first-order valence-corrected chi connectivity index (χ1v) is 5.49. The summed E-state index contributed by atoms with van der Waals surface area (Å²) in [5, 5.41) is 3.38. The second-order valence-electron chi connectivity index (χ2n) is 3.50. The number of amides is 1. The van der Waals surface area contributed by atoms with E-state index in [1.165, 1.54) is 0 Å². The Morgan fingerprint density at radius 1 is 1.56 bits per heavy atom. The van der Waals surface area contributed by atoms with Crippen LogP contribution in [0.5, 0.6) is 5.75 Å². The third kappa shape index (κ3) is 2.19. The van der Waals surface area contributed by atoms with Crippen LogP contribution in [0.3, 0.4) is 0 Å². The molecule has 0 atom stereocenters. The summed E-state index contributed by atoms with van der Waals surface area (Å²) in [7, 11) is 0.